The minimum Gasteiger partial charge on any atom is -0.459 e. The minimum absolute atomic E-state index is 0.0965. The number of carbonyl (C=O) groups excluding carboxylic acids is 1. The SMILES string of the molecule is CC(=O)OC12CCC3C(CCC4CCCCC43C)C1CC1OC3(CCC(C)CO3)CC12. The summed E-state index contributed by atoms with van der Waals surface area (Å²) in [6.45, 7) is 7.30. The third kappa shape index (κ3) is 3.02. The van der Waals surface area contributed by atoms with E-state index in [0.717, 1.165) is 44.1 Å². The number of rotatable bonds is 1. The normalized spacial score (nSPS) is 55.8. The Morgan fingerprint density at radius 3 is 2.61 bits per heavy atom. The average molecular weight is 431 g/mol. The first kappa shape index (κ1) is 21.0. The highest BCUT2D eigenvalue weighted by Gasteiger charge is 2.69. The molecule has 2 heterocycles. The van der Waals surface area contributed by atoms with Crippen molar-refractivity contribution in [1.82, 2.24) is 0 Å². The first-order valence-corrected chi connectivity index (χ1v) is 13.4. The molecule has 0 N–H and O–H groups in total. The molecule has 2 saturated heterocycles. The Bertz CT molecular complexity index is 727. The fraction of sp³-hybridized carbons (Fsp3) is 0.963. The molecule has 0 bridgehead atoms. The van der Waals surface area contributed by atoms with Gasteiger partial charge in [0.2, 0.25) is 0 Å². The van der Waals surface area contributed by atoms with Crippen LogP contribution < -0.4 is 0 Å². The Morgan fingerprint density at radius 2 is 1.84 bits per heavy atom. The smallest absolute Gasteiger partial charge is 0.303 e. The molecule has 0 aromatic heterocycles. The van der Waals surface area contributed by atoms with Gasteiger partial charge in [-0.1, -0.05) is 26.7 Å². The lowest BCUT2D eigenvalue weighted by Gasteiger charge is -2.60. The highest BCUT2D eigenvalue weighted by molar-refractivity contribution is 5.66. The molecule has 10 atom stereocenters. The molecular weight excluding hydrogens is 388 g/mol. The van der Waals surface area contributed by atoms with Gasteiger partial charge in [-0.2, -0.15) is 0 Å². The van der Waals surface area contributed by atoms with Crippen LogP contribution in [0.2, 0.25) is 0 Å². The van der Waals surface area contributed by atoms with Crippen molar-refractivity contribution < 1.29 is 19.0 Å². The van der Waals surface area contributed by atoms with Crippen molar-refractivity contribution >= 4 is 5.97 Å². The molecule has 6 aliphatic rings. The first-order valence-electron chi connectivity index (χ1n) is 13.4. The van der Waals surface area contributed by atoms with Crippen LogP contribution >= 0.6 is 0 Å². The molecule has 0 aromatic carbocycles. The molecule has 0 amide bonds. The van der Waals surface area contributed by atoms with Crippen molar-refractivity contribution in [3.63, 3.8) is 0 Å². The van der Waals surface area contributed by atoms with Gasteiger partial charge in [-0.3, -0.25) is 4.79 Å². The van der Waals surface area contributed by atoms with Crippen LogP contribution in [0.5, 0.6) is 0 Å². The lowest BCUT2D eigenvalue weighted by molar-refractivity contribution is -0.257. The van der Waals surface area contributed by atoms with E-state index in [1.54, 1.807) is 6.92 Å². The van der Waals surface area contributed by atoms with E-state index in [1.807, 2.05) is 0 Å². The highest BCUT2D eigenvalue weighted by Crippen LogP contribution is 2.68. The lowest BCUT2D eigenvalue weighted by Crippen LogP contribution is -2.58. The van der Waals surface area contributed by atoms with Gasteiger partial charge in [0.25, 0.3) is 0 Å². The summed E-state index contributed by atoms with van der Waals surface area (Å²) in [5.41, 5.74) is 0.192. The Kier molecular flexibility index (Phi) is 4.86. The second kappa shape index (κ2) is 7.19. The lowest BCUT2D eigenvalue weighted by atomic mass is 9.46. The predicted octanol–water partition coefficient (Wildman–Crippen LogP) is 5.87. The molecular formula is C27H42O4. The molecule has 1 spiro atoms. The van der Waals surface area contributed by atoms with Crippen LogP contribution in [0, 0.1) is 40.9 Å². The summed E-state index contributed by atoms with van der Waals surface area (Å²) in [5.74, 6) is 3.32. The maximum atomic E-state index is 12.4. The highest BCUT2D eigenvalue weighted by atomic mass is 16.7. The zero-order valence-electron chi connectivity index (χ0n) is 19.9. The van der Waals surface area contributed by atoms with E-state index in [2.05, 4.69) is 13.8 Å². The third-order valence-electron chi connectivity index (χ3n) is 11.1. The zero-order valence-corrected chi connectivity index (χ0v) is 19.9. The second-order valence-electron chi connectivity index (χ2n) is 12.6. The fourth-order valence-electron chi connectivity index (χ4n) is 9.73. The monoisotopic (exact) mass is 430 g/mol. The molecule has 10 unspecified atom stereocenters. The summed E-state index contributed by atoms with van der Waals surface area (Å²) in [4.78, 5) is 12.4. The van der Waals surface area contributed by atoms with Crippen molar-refractivity contribution in [2.24, 2.45) is 40.9 Å². The van der Waals surface area contributed by atoms with Crippen LogP contribution in [-0.4, -0.2) is 30.1 Å². The number of ether oxygens (including phenoxy) is 3. The fourth-order valence-corrected chi connectivity index (χ4v) is 9.73. The molecule has 4 saturated carbocycles. The van der Waals surface area contributed by atoms with Crippen LogP contribution in [0.15, 0.2) is 0 Å². The van der Waals surface area contributed by atoms with Gasteiger partial charge in [-0.15, -0.1) is 0 Å². The maximum absolute atomic E-state index is 12.4. The van der Waals surface area contributed by atoms with Crippen molar-refractivity contribution in [1.29, 1.82) is 0 Å². The van der Waals surface area contributed by atoms with Gasteiger partial charge < -0.3 is 14.2 Å². The topological polar surface area (TPSA) is 44.8 Å². The first-order chi connectivity index (χ1) is 14.9. The molecule has 4 aliphatic carbocycles. The van der Waals surface area contributed by atoms with E-state index in [-0.39, 0.29) is 17.7 Å². The molecule has 2 aliphatic heterocycles. The Balaban J connectivity index is 1.30. The van der Waals surface area contributed by atoms with Crippen LogP contribution in [-0.2, 0) is 19.0 Å². The molecule has 4 nitrogen and oxygen atoms in total. The molecule has 0 radical (unpaired) electrons. The molecule has 6 rings (SSSR count). The van der Waals surface area contributed by atoms with Crippen molar-refractivity contribution in [2.45, 2.75) is 115 Å². The van der Waals surface area contributed by atoms with E-state index in [0.29, 0.717) is 29.1 Å². The largest absolute Gasteiger partial charge is 0.459 e. The van der Waals surface area contributed by atoms with Crippen molar-refractivity contribution in [3.8, 4) is 0 Å². The number of hydrogen-bond acceptors (Lipinski definition) is 4. The van der Waals surface area contributed by atoms with E-state index < -0.39 is 5.79 Å². The number of esters is 1. The van der Waals surface area contributed by atoms with Gasteiger partial charge >= 0.3 is 5.97 Å². The van der Waals surface area contributed by atoms with Gasteiger partial charge in [-0.25, -0.2) is 0 Å². The van der Waals surface area contributed by atoms with Gasteiger partial charge in [0, 0.05) is 31.6 Å². The van der Waals surface area contributed by atoms with Gasteiger partial charge in [0.1, 0.15) is 5.60 Å². The van der Waals surface area contributed by atoms with Crippen molar-refractivity contribution in [3.05, 3.63) is 0 Å². The maximum Gasteiger partial charge on any atom is 0.303 e. The van der Waals surface area contributed by atoms with Crippen LogP contribution in [0.1, 0.15) is 97.8 Å². The molecule has 6 fully saturated rings. The summed E-state index contributed by atoms with van der Waals surface area (Å²) in [5, 5.41) is 0. The zero-order chi connectivity index (χ0) is 21.4. The van der Waals surface area contributed by atoms with E-state index in [9.17, 15) is 4.79 Å². The van der Waals surface area contributed by atoms with E-state index in [1.165, 1.54) is 51.4 Å². The summed E-state index contributed by atoms with van der Waals surface area (Å²) in [7, 11) is 0. The summed E-state index contributed by atoms with van der Waals surface area (Å²) < 4.78 is 19.5. The Labute approximate surface area is 188 Å². The molecule has 31 heavy (non-hydrogen) atoms. The standard InChI is InChI=1S/C27H42O4/c1-17-9-12-26(29-16-17)15-23-24(31-26)14-22-20-8-7-19-6-4-5-11-25(19,3)21(20)10-13-27(22,23)30-18(2)28/h17,19-24H,4-16H2,1-3H3. The Morgan fingerprint density at radius 1 is 0.968 bits per heavy atom. The molecule has 0 aromatic rings. The minimum atomic E-state index is -0.413. The van der Waals surface area contributed by atoms with Gasteiger partial charge in [0.05, 0.1) is 12.7 Å². The average Bonchev–Trinajstić information content (AvgIpc) is 3.23. The summed E-state index contributed by atoms with van der Waals surface area (Å²) in [6.07, 6.45) is 15.0. The van der Waals surface area contributed by atoms with Crippen LogP contribution in [0.4, 0.5) is 0 Å². The summed E-state index contributed by atoms with van der Waals surface area (Å²) >= 11 is 0. The number of carbonyl (C=O) groups is 1. The van der Waals surface area contributed by atoms with Crippen LogP contribution in [0.3, 0.4) is 0 Å². The Hall–Kier alpha value is -0.610. The van der Waals surface area contributed by atoms with E-state index >= 15 is 0 Å². The second-order valence-corrected chi connectivity index (χ2v) is 12.6. The van der Waals surface area contributed by atoms with Gasteiger partial charge in [-0.05, 0) is 80.5 Å². The predicted molar refractivity (Wildman–Crippen MR) is 118 cm³/mol. The quantitative estimate of drug-likeness (QED) is 0.488. The van der Waals surface area contributed by atoms with Gasteiger partial charge in [0.15, 0.2) is 5.79 Å². The number of hydrogen-bond donors (Lipinski definition) is 0. The molecule has 174 valence electrons. The third-order valence-corrected chi connectivity index (χ3v) is 11.1. The number of fused-ring (bicyclic) bond motifs is 7. The van der Waals surface area contributed by atoms with Crippen LogP contribution in [0.25, 0.3) is 0 Å². The molecule has 4 heteroatoms. The van der Waals surface area contributed by atoms with E-state index in [4.69, 9.17) is 14.2 Å². The van der Waals surface area contributed by atoms with Crippen molar-refractivity contribution in [2.75, 3.05) is 6.61 Å². The summed E-state index contributed by atoms with van der Waals surface area (Å²) in [6, 6.07) is 0.